The summed E-state index contributed by atoms with van der Waals surface area (Å²) in [5, 5.41) is 2.93. The Labute approximate surface area is 158 Å². The van der Waals surface area contributed by atoms with Gasteiger partial charge in [-0.15, -0.1) is 0 Å². The van der Waals surface area contributed by atoms with E-state index in [0.717, 1.165) is 12.4 Å². The van der Waals surface area contributed by atoms with Crippen molar-refractivity contribution in [2.45, 2.75) is 13.0 Å². The highest BCUT2D eigenvalue weighted by atomic mass is 16.5. The number of carbonyl (C=O) groups excluding carboxylic acids is 1. The molecule has 1 N–H and O–H groups in total. The van der Waals surface area contributed by atoms with Gasteiger partial charge < -0.3 is 19.4 Å². The average Bonchev–Trinajstić information content (AvgIpc) is 3.15. The molecule has 1 heterocycles. The minimum absolute atomic E-state index is 0.173. The summed E-state index contributed by atoms with van der Waals surface area (Å²) < 4.78 is 12.5. The number of rotatable bonds is 8. The molecule has 1 aromatic heterocycles. The molecule has 0 aliphatic rings. The van der Waals surface area contributed by atoms with Crippen LogP contribution in [0.5, 0.6) is 11.5 Å². The number of aromatic nitrogens is 2. The van der Waals surface area contributed by atoms with Crippen LogP contribution in [0, 0.1) is 0 Å². The maximum Gasteiger partial charge on any atom is 0.251 e. The third kappa shape index (κ3) is 4.88. The van der Waals surface area contributed by atoms with Crippen molar-refractivity contribution in [3.05, 3.63) is 77.9 Å². The van der Waals surface area contributed by atoms with E-state index in [1.807, 2.05) is 24.4 Å². The molecule has 0 fully saturated rings. The zero-order valence-electron chi connectivity index (χ0n) is 15.5. The number of benzene rings is 2. The second-order valence-electron chi connectivity index (χ2n) is 6.06. The summed E-state index contributed by atoms with van der Waals surface area (Å²) in [5.74, 6) is 1.92. The average molecular weight is 365 g/mol. The van der Waals surface area contributed by atoms with E-state index < -0.39 is 0 Å². The summed E-state index contributed by atoms with van der Waals surface area (Å²) >= 11 is 0. The van der Waals surface area contributed by atoms with Crippen molar-refractivity contribution < 1.29 is 14.3 Å². The van der Waals surface area contributed by atoms with Crippen molar-refractivity contribution in [3.63, 3.8) is 0 Å². The molecule has 6 nitrogen and oxygen atoms in total. The Bertz CT molecular complexity index is 868. The zero-order valence-corrected chi connectivity index (χ0v) is 15.5. The lowest BCUT2D eigenvalue weighted by Gasteiger charge is -2.10. The maximum atomic E-state index is 12.4. The van der Waals surface area contributed by atoms with E-state index in [1.165, 1.54) is 5.56 Å². The van der Waals surface area contributed by atoms with Crippen LogP contribution in [0.2, 0.25) is 0 Å². The van der Waals surface area contributed by atoms with E-state index in [-0.39, 0.29) is 5.91 Å². The lowest BCUT2D eigenvalue weighted by Crippen LogP contribution is -2.26. The molecule has 6 heteroatoms. The molecule has 0 radical (unpaired) electrons. The van der Waals surface area contributed by atoms with Crippen molar-refractivity contribution in [3.8, 4) is 11.5 Å². The van der Waals surface area contributed by atoms with Crippen molar-refractivity contribution >= 4 is 5.91 Å². The Hall–Kier alpha value is -3.28. The number of hydrogen-bond acceptors (Lipinski definition) is 4. The molecule has 1 amide bonds. The molecule has 0 saturated heterocycles. The van der Waals surface area contributed by atoms with Gasteiger partial charge in [0.1, 0.15) is 17.3 Å². The number of nitrogens with zero attached hydrogens (tertiary/aromatic N) is 2. The topological polar surface area (TPSA) is 65.4 Å². The first kappa shape index (κ1) is 18.5. The Morgan fingerprint density at radius 3 is 2.44 bits per heavy atom. The summed E-state index contributed by atoms with van der Waals surface area (Å²) in [5.41, 5.74) is 1.71. The molecule has 3 aromatic rings. The number of hydrogen-bond donors (Lipinski definition) is 1. The number of carbonyl (C=O) groups is 1. The van der Waals surface area contributed by atoms with Crippen molar-refractivity contribution in [1.29, 1.82) is 0 Å². The summed E-state index contributed by atoms with van der Waals surface area (Å²) in [4.78, 5) is 16.8. The van der Waals surface area contributed by atoms with Gasteiger partial charge in [-0.3, -0.25) is 4.79 Å². The number of ether oxygens (including phenoxy) is 2. The minimum Gasteiger partial charge on any atom is -0.497 e. The third-order valence-electron chi connectivity index (χ3n) is 4.25. The highest BCUT2D eigenvalue weighted by Gasteiger charge is 2.10. The lowest BCUT2D eigenvalue weighted by atomic mass is 10.2. The first-order valence-electron chi connectivity index (χ1n) is 8.75. The molecule has 0 aliphatic heterocycles. The largest absolute Gasteiger partial charge is 0.497 e. The Morgan fingerprint density at radius 2 is 1.78 bits per heavy atom. The summed E-state index contributed by atoms with van der Waals surface area (Å²) in [6.45, 7) is 1.25. The van der Waals surface area contributed by atoms with Gasteiger partial charge in [-0.25, -0.2) is 4.98 Å². The first-order chi connectivity index (χ1) is 13.2. The van der Waals surface area contributed by atoms with Crippen LogP contribution in [-0.4, -0.2) is 36.2 Å². The molecule has 27 heavy (non-hydrogen) atoms. The van der Waals surface area contributed by atoms with Crippen LogP contribution in [-0.2, 0) is 13.0 Å². The van der Waals surface area contributed by atoms with E-state index in [9.17, 15) is 4.79 Å². The lowest BCUT2D eigenvalue weighted by molar-refractivity contribution is 0.0953. The molecule has 0 bridgehead atoms. The van der Waals surface area contributed by atoms with Crippen LogP contribution < -0.4 is 14.8 Å². The number of imidazole rings is 1. The van der Waals surface area contributed by atoms with Gasteiger partial charge in [0.15, 0.2) is 0 Å². The third-order valence-corrected chi connectivity index (χ3v) is 4.25. The van der Waals surface area contributed by atoms with Crippen molar-refractivity contribution in [1.82, 2.24) is 14.9 Å². The van der Waals surface area contributed by atoms with Crippen LogP contribution in [0.25, 0.3) is 0 Å². The highest BCUT2D eigenvalue weighted by molar-refractivity contribution is 5.95. The van der Waals surface area contributed by atoms with Gasteiger partial charge in [0.25, 0.3) is 5.91 Å². The van der Waals surface area contributed by atoms with Gasteiger partial charge in [-0.1, -0.05) is 30.3 Å². The van der Waals surface area contributed by atoms with Gasteiger partial charge in [0.2, 0.25) is 0 Å². The highest BCUT2D eigenvalue weighted by Crippen LogP contribution is 2.22. The van der Waals surface area contributed by atoms with E-state index in [2.05, 4.69) is 27.0 Å². The fraction of sp³-hybridized carbons (Fsp3) is 0.238. The predicted octanol–water partition coefficient (Wildman–Crippen LogP) is 2.92. The molecule has 0 saturated carbocycles. The Morgan fingerprint density at radius 1 is 1.07 bits per heavy atom. The van der Waals surface area contributed by atoms with Crippen LogP contribution in [0.4, 0.5) is 0 Å². The van der Waals surface area contributed by atoms with Crippen LogP contribution in [0.3, 0.4) is 0 Å². The molecule has 0 spiro atoms. The first-order valence-corrected chi connectivity index (χ1v) is 8.75. The van der Waals surface area contributed by atoms with E-state index in [0.29, 0.717) is 30.0 Å². The molecule has 0 atom stereocenters. The van der Waals surface area contributed by atoms with Crippen molar-refractivity contribution in [2.24, 2.45) is 0 Å². The summed E-state index contributed by atoms with van der Waals surface area (Å²) in [6.07, 6.45) is 4.39. The Balaban J connectivity index is 1.59. The summed E-state index contributed by atoms with van der Waals surface area (Å²) in [7, 11) is 3.12. The minimum atomic E-state index is -0.173. The Kier molecular flexibility index (Phi) is 6.10. The molecular formula is C21H23N3O3. The van der Waals surface area contributed by atoms with E-state index in [1.54, 1.807) is 38.6 Å². The molecule has 3 rings (SSSR count). The van der Waals surface area contributed by atoms with Crippen LogP contribution in [0.15, 0.2) is 60.9 Å². The monoisotopic (exact) mass is 365 g/mol. The number of nitrogens with one attached hydrogen (secondary N) is 1. The summed E-state index contributed by atoms with van der Waals surface area (Å²) in [6, 6.07) is 15.3. The molecule has 2 aromatic carbocycles. The second-order valence-corrected chi connectivity index (χ2v) is 6.06. The molecular weight excluding hydrogens is 342 g/mol. The molecule has 140 valence electrons. The van der Waals surface area contributed by atoms with E-state index in [4.69, 9.17) is 9.47 Å². The fourth-order valence-corrected chi connectivity index (χ4v) is 2.82. The van der Waals surface area contributed by atoms with Gasteiger partial charge in [-0.05, 0) is 17.7 Å². The predicted molar refractivity (Wildman–Crippen MR) is 103 cm³/mol. The number of methoxy groups -OCH3 is 2. The van der Waals surface area contributed by atoms with E-state index >= 15 is 0 Å². The van der Waals surface area contributed by atoms with Gasteiger partial charge in [-0.2, -0.15) is 0 Å². The maximum absolute atomic E-state index is 12.4. The normalized spacial score (nSPS) is 10.4. The zero-order chi connectivity index (χ0) is 19.1. The van der Waals surface area contributed by atoms with Crippen LogP contribution >= 0.6 is 0 Å². The van der Waals surface area contributed by atoms with Gasteiger partial charge in [0.05, 0.1) is 14.2 Å². The number of amides is 1. The fourth-order valence-electron chi connectivity index (χ4n) is 2.82. The van der Waals surface area contributed by atoms with Crippen LogP contribution in [0.1, 0.15) is 21.7 Å². The SMILES string of the molecule is COc1cc(OC)cc(C(=O)NCCc2nccn2Cc2ccccc2)c1. The van der Waals surface area contributed by atoms with Gasteiger partial charge in [0, 0.05) is 43.5 Å². The quantitative estimate of drug-likeness (QED) is 0.667. The standard InChI is InChI=1S/C21H23N3O3/c1-26-18-12-17(13-19(14-18)27-2)21(25)23-9-8-20-22-10-11-24(20)15-16-6-4-3-5-7-16/h3-7,10-14H,8-9,15H2,1-2H3,(H,23,25). The second kappa shape index (κ2) is 8.89. The molecule has 0 unspecified atom stereocenters. The molecule has 0 aliphatic carbocycles. The smallest absolute Gasteiger partial charge is 0.251 e. The van der Waals surface area contributed by atoms with Crippen molar-refractivity contribution in [2.75, 3.05) is 20.8 Å². The van der Waals surface area contributed by atoms with Gasteiger partial charge >= 0.3 is 0 Å².